The van der Waals surface area contributed by atoms with E-state index in [1.54, 1.807) is 0 Å². The maximum Gasteiger partial charge on any atom is 0.122 e. The molecule has 0 amide bonds. The highest BCUT2D eigenvalue weighted by molar-refractivity contribution is 5.95. The Morgan fingerprint density at radius 3 is 2.70 bits per heavy atom. The molecule has 2 aromatic rings. The zero-order valence-electron chi connectivity index (χ0n) is 12.2. The van der Waals surface area contributed by atoms with Gasteiger partial charge in [-0.15, -0.1) is 0 Å². The fraction of sp³-hybridized carbons (Fsp3) is 0.333. The molecular weight excluding hydrogens is 250 g/mol. The summed E-state index contributed by atoms with van der Waals surface area (Å²) < 4.78 is 1.82. The first kappa shape index (κ1) is 14.3. The van der Waals surface area contributed by atoms with Crippen LogP contribution < -0.4 is 5.73 Å². The molecule has 1 aromatic heterocycles. The van der Waals surface area contributed by atoms with Gasteiger partial charge in [0.15, 0.2) is 0 Å². The van der Waals surface area contributed by atoms with Crippen molar-refractivity contribution >= 4 is 5.84 Å². The molecule has 106 valence electrons. The number of nitrogens with one attached hydrogen (secondary N) is 1. The van der Waals surface area contributed by atoms with Gasteiger partial charge in [-0.1, -0.05) is 12.1 Å². The minimum Gasteiger partial charge on any atom is -0.384 e. The van der Waals surface area contributed by atoms with Gasteiger partial charge in [-0.3, -0.25) is 15.0 Å². The summed E-state index contributed by atoms with van der Waals surface area (Å²) >= 11 is 0. The van der Waals surface area contributed by atoms with Gasteiger partial charge in [-0.05, 0) is 31.2 Å². The van der Waals surface area contributed by atoms with Gasteiger partial charge < -0.3 is 5.73 Å². The predicted octanol–water partition coefficient (Wildman–Crippen LogP) is 1.64. The molecule has 0 aliphatic heterocycles. The van der Waals surface area contributed by atoms with Gasteiger partial charge >= 0.3 is 0 Å². The van der Waals surface area contributed by atoms with Crippen LogP contribution in [0, 0.1) is 12.3 Å². The van der Waals surface area contributed by atoms with Crippen LogP contribution in [-0.2, 0) is 20.1 Å². The lowest BCUT2D eigenvalue weighted by molar-refractivity contribution is 0.318. The first-order valence-electron chi connectivity index (χ1n) is 6.55. The van der Waals surface area contributed by atoms with Crippen LogP contribution in [0.15, 0.2) is 30.6 Å². The standard InChI is InChI=1S/C15H21N5/c1-11-6-13(15(16)17)4-5-14(11)10-19(2)8-12-7-18-20(3)9-12/h4-7,9H,8,10H2,1-3H3,(H3,16,17). The van der Waals surface area contributed by atoms with Crippen LogP contribution >= 0.6 is 0 Å². The average molecular weight is 271 g/mol. The van der Waals surface area contributed by atoms with E-state index in [0.29, 0.717) is 0 Å². The van der Waals surface area contributed by atoms with E-state index in [1.165, 1.54) is 11.1 Å². The Morgan fingerprint density at radius 1 is 1.40 bits per heavy atom. The molecule has 0 saturated carbocycles. The van der Waals surface area contributed by atoms with Crippen LogP contribution in [0.2, 0.25) is 0 Å². The molecular formula is C15H21N5. The molecule has 0 saturated heterocycles. The van der Waals surface area contributed by atoms with Gasteiger partial charge in [-0.2, -0.15) is 5.10 Å². The van der Waals surface area contributed by atoms with Gasteiger partial charge in [-0.25, -0.2) is 0 Å². The first-order chi connectivity index (χ1) is 9.45. The van der Waals surface area contributed by atoms with Crippen LogP contribution in [0.5, 0.6) is 0 Å². The molecule has 5 heteroatoms. The van der Waals surface area contributed by atoms with E-state index >= 15 is 0 Å². The molecule has 0 spiro atoms. The molecule has 1 heterocycles. The van der Waals surface area contributed by atoms with Crippen molar-refractivity contribution in [3.8, 4) is 0 Å². The van der Waals surface area contributed by atoms with Crippen LogP contribution in [0.3, 0.4) is 0 Å². The second-order valence-corrected chi connectivity index (χ2v) is 5.25. The van der Waals surface area contributed by atoms with E-state index in [2.05, 4.69) is 24.0 Å². The van der Waals surface area contributed by atoms with Crippen LogP contribution in [0.4, 0.5) is 0 Å². The SMILES string of the molecule is Cc1cc(C(=N)N)ccc1CN(C)Cc1cnn(C)c1. The van der Waals surface area contributed by atoms with Crippen molar-refractivity contribution in [3.05, 3.63) is 52.8 Å². The number of hydrogen-bond donors (Lipinski definition) is 2. The highest BCUT2D eigenvalue weighted by atomic mass is 15.2. The van der Waals surface area contributed by atoms with E-state index in [0.717, 1.165) is 24.2 Å². The second-order valence-electron chi connectivity index (χ2n) is 5.25. The molecule has 0 aliphatic rings. The lowest BCUT2D eigenvalue weighted by Gasteiger charge is -2.17. The molecule has 0 unspecified atom stereocenters. The third-order valence-corrected chi connectivity index (χ3v) is 3.30. The molecule has 2 rings (SSSR count). The summed E-state index contributed by atoms with van der Waals surface area (Å²) in [5.41, 5.74) is 9.90. The normalized spacial score (nSPS) is 11.0. The fourth-order valence-corrected chi connectivity index (χ4v) is 2.25. The van der Waals surface area contributed by atoms with E-state index < -0.39 is 0 Å². The van der Waals surface area contributed by atoms with Crippen molar-refractivity contribution in [2.45, 2.75) is 20.0 Å². The van der Waals surface area contributed by atoms with Gasteiger partial charge in [0.05, 0.1) is 6.20 Å². The number of aromatic nitrogens is 2. The topological polar surface area (TPSA) is 70.9 Å². The van der Waals surface area contributed by atoms with E-state index in [4.69, 9.17) is 11.1 Å². The van der Waals surface area contributed by atoms with E-state index in [-0.39, 0.29) is 5.84 Å². The summed E-state index contributed by atoms with van der Waals surface area (Å²) in [6.07, 6.45) is 3.92. The van der Waals surface area contributed by atoms with Crippen molar-refractivity contribution in [3.63, 3.8) is 0 Å². The summed E-state index contributed by atoms with van der Waals surface area (Å²) in [6.45, 7) is 3.78. The Bertz CT molecular complexity index is 614. The minimum absolute atomic E-state index is 0.114. The zero-order chi connectivity index (χ0) is 14.7. The van der Waals surface area contributed by atoms with Crippen LogP contribution in [0.1, 0.15) is 22.3 Å². The monoisotopic (exact) mass is 271 g/mol. The van der Waals surface area contributed by atoms with Crippen LogP contribution in [0.25, 0.3) is 0 Å². The molecule has 0 fully saturated rings. The van der Waals surface area contributed by atoms with Crippen molar-refractivity contribution in [2.75, 3.05) is 7.05 Å². The molecule has 0 bridgehead atoms. The predicted molar refractivity (Wildman–Crippen MR) is 80.6 cm³/mol. The quantitative estimate of drug-likeness (QED) is 0.641. The van der Waals surface area contributed by atoms with Gasteiger partial charge in [0, 0.05) is 37.5 Å². The molecule has 0 aliphatic carbocycles. The smallest absolute Gasteiger partial charge is 0.122 e. The van der Waals surface area contributed by atoms with Crippen molar-refractivity contribution in [2.24, 2.45) is 12.8 Å². The Hall–Kier alpha value is -2.14. The lowest BCUT2D eigenvalue weighted by Crippen LogP contribution is -2.18. The summed E-state index contributed by atoms with van der Waals surface area (Å²) in [5.74, 6) is 0.114. The maximum atomic E-state index is 7.45. The number of nitrogens with zero attached hydrogens (tertiary/aromatic N) is 3. The number of amidine groups is 1. The number of rotatable bonds is 5. The highest BCUT2D eigenvalue weighted by Crippen LogP contribution is 2.14. The Balaban J connectivity index is 2.04. The third-order valence-electron chi connectivity index (χ3n) is 3.30. The van der Waals surface area contributed by atoms with Gasteiger partial charge in [0.25, 0.3) is 0 Å². The summed E-state index contributed by atoms with van der Waals surface area (Å²) in [6, 6.07) is 5.92. The number of aryl methyl sites for hydroxylation is 2. The Kier molecular flexibility index (Phi) is 4.20. The van der Waals surface area contributed by atoms with Gasteiger partial charge in [0.1, 0.15) is 5.84 Å². The minimum atomic E-state index is 0.114. The molecule has 20 heavy (non-hydrogen) atoms. The molecule has 0 radical (unpaired) electrons. The molecule has 0 atom stereocenters. The lowest BCUT2D eigenvalue weighted by atomic mass is 10.0. The highest BCUT2D eigenvalue weighted by Gasteiger charge is 2.07. The first-order valence-corrected chi connectivity index (χ1v) is 6.55. The van der Waals surface area contributed by atoms with Gasteiger partial charge in [0.2, 0.25) is 0 Å². The Labute approximate surface area is 119 Å². The van der Waals surface area contributed by atoms with Crippen LogP contribution in [-0.4, -0.2) is 27.6 Å². The number of nitrogens with two attached hydrogens (primary N) is 1. The Morgan fingerprint density at radius 2 is 2.15 bits per heavy atom. The zero-order valence-corrected chi connectivity index (χ0v) is 12.2. The van der Waals surface area contributed by atoms with Crippen molar-refractivity contribution in [1.29, 1.82) is 5.41 Å². The van der Waals surface area contributed by atoms with E-state index in [9.17, 15) is 0 Å². The number of nitrogen functional groups attached to an aromatic ring is 1. The van der Waals surface area contributed by atoms with Crippen molar-refractivity contribution < 1.29 is 0 Å². The molecule has 3 N–H and O–H groups in total. The average Bonchev–Trinajstić information content (AvgIpc) is 2.77. The van der Waals surface area contributed by atoms with Crippen molar-refractivity contribution in [1.82, 2.24) is 14.7 Å². The molecule has 5 nitrogen and oxygen atoms in total. The number of hydrogen-bond acceptors (Lipinski definition) is 3. The maximum absolute atomic E-state index is 7.45. The third kappa shape index (κ3) is 3.45. The second kappa shape index (κ2) is 5.88. The summed E-state index contributed by atoms with van der Waals surface area (Å²) in [5, 5.41) is 11.6. The van der Waals surface area contributed by atoms with E-state index in [1.807, 2.05) is 42.3 Å². The number of benzene rings is 1. The summed E-state index contributed by atoms with van der Waals surface area (Å²) in [4.78, 5) is 2.24. The summed E-state index contributed by atoms with van der Waals surface area (Å²) in [7, 11) is 4.01. The molecule has 1 aromatic carbocycles. The largest absolute Gasteiger partial charge is 0.384 e. The fourth-order valence-electron chi connectivity index (χ4n) is 2.25.